The molecule has 0 aromatic carbocycles. The summed E-state index contributed by atoms with van der Waals surface area (Å²) < 4.78 is 13.0. The molecule has 2 atom stereocenters. The molecule has 0 radical (unpaired) electrons. The number of ether oxygens (including phenoxy) is 2. The van der Waals surface area contributed by atoms with Gasteiger partial charge in [-0.25, -0.2) is 14.5 Å². The molecule has 5 aliphatic heterocycles. The molecule has 0 amide bonds. The molecule has 10 heteroatoms. The van der Waals surface area contributed by atoms with Crippen molar-refractivity contribution >= 4 is 16.9 Å². The maximum Gasteiger partial charge on any atom is 0.260 e. The fraction of sp³-hybridized carbons (Fsp3) is 0.375. The summed E-state index contributed by atoms with van der Waals surface area (Å²) in [5.41, 5.74) is 6.90. The predicted octanol–water partition coefficient (Wildman–Crippen LogP) is 4.01. The summed E-state index contributed by atoms with van der Waals surface area (Å²) in [7, 11) is 0. The fourth-order valence-electron chi connectivity index (χ4n) is 6.93. The SMILES string of the molecule is CC1(C)CC(c2cc(-c3ccc(N4CC5CC(C4)N5Cc4ccnc5c4OCO5)nc3)c3c(C#N)cnn3c2)=CCN1. The van der Waals surface area contributed by atoms with Crippen LogP contribution in [0.4, 0.5) is 5.82 Å². The topological polar surface area (TPSA) is 104 Å². The second-order valence-electron chi connectivity index (χ2n) is 12.3. The predicted molar refractivity (Wildman–Crippen MR) is 158 cm³/mol. The molecule has 5 aliphatic rings. The zero-order valence-electron chi connectivity index (χ0n) is 23.7. The molecule has 0 spiro atoms. The minimum atomic E-state index is 0.0234. The number of nitrogens with one attached hydrogen (secondary N) is 1. The lowest BCUT2D eigenvalue weighted by Gasteiger charge is -2.56. The minimum absolute atomic E-state index is 0.0234. The summed E-state index contributed by atoms with van der Waals surface area (Å²) in [5.74, 6) is 2.37. The lowest BCUT2D eigenvalue weighted by molar-refractivity contribution is -0.00923. The van der Waals surface area contributed by atoms with E-state index >= 15 is 0 Å². The van der Waals surface area contributed by atoms with Crippen molar-refractivity contribution in [2.75, 3.05) is 31.3 Å². The molecule has 4 aromatic rings. The van der Waals surface area contributed by atoms with Gasteiger partial charge in [-0.2, -0.15) is 10.4 Å². The highest BCUT2D eigenvalue weighted by atomic mass is 16.7. The van der Waals surface area contributed by atoms with E-state index in [0.717, 1.165) is 71.9 Å². The number of piperidine rings is 1. The Morgan fingerprint density at radius 2 is 1.98 bits per heavy atom. The van der Waals surface area contributed by atoms with E-state index in [-0.39, 0.29) is 12.3 Å². The molecule has 0 aliphatic carbocycles. The van der Waals surface area contributed by atoms with Crippen LogP contribution < -0.4 is 19.7 Å². The van der Waals surface area contributed by atoms with Gasteiger partial charge in [0.25, 0.3) is 5.88 Å². The molecule has 9 heterocycles. The Kier molecular flexibility index (Phi) is 5.74. The van der Waals surface area contributed by atoms with Crippen LogP contribution in [-0.2, 0) is 6.54 Å². The number of rotatable bonds is 5. The van der Waals surface area contributed by atoms with Gasteiger partial charge < -0.3 is 19.7 Å². The van der Waals surface area contributed by atoms with Gasteiger partial charge in [0.2, 0.25) is 6.79 Å². The highest BCUT2D eigenvalue weighted by Crippen LogP contribution is 2.40. The Labute approximate surface area is 244 Å². The number of hydrogen-bond donors (Lipinski definition) is 1. The number of anilines is 1. The molecule has 3 saturated heterocycles. The van der Waals surface area contributed by atoms with Crippen molar-refractivity contribution in [2.24, 2.45) is 0 Å². The van der Waals surface area contributed by atoms with E-state index < -0.39 is 0 Å². The first-order chi connectivity index (χ1) is 20.5. The van der Waals surface area contributed by atoms with E-state index in [9.17, 15) is 5.26 Å². The van der Waals surface area contributed by atoms with Crippen molar-refractivity contribution in [3.63, 3.8) is 0 Å². The Morgan fingerprint density at radius 1 is 1.10 bits per heavy atom. The number of piperazine rings is 1. The van der Waals surface area contributed by atoms with Crippen LogP contribution in [0.2, 0.25) is 0 Å². The van der Waals surface area contributed by atoms with Crippen molar-refractivity contribution in [3.8, 4) is 28.8 Å². The van der Waals surface area contributed by atoms with E-state index in [1.807, 2.05) is 23.0 Å². The number of pyridine rings is 3. The summed E-state index contributed by atoms with van der Waals surface area (Å²) in [6, 6.07) is 11.7. The summed E-state index contributed by atoms with van der Waals surface area (Å²) in [4.78, 5) is 14.2. The van der Waals surface area contributed by atoms with Crippen molar-refractivity contribution in [1.29, 1.82) is 5.26 Å². The van der Waals surface area contributed by atoms with Crippen LogP contribution >= 0.6 is 0 Å². The minimum Gasteiger partial charge on any atom is -0.451 e. The van der Waals surface area contributed by atoms with Gasteiger partial charge in [-0.1, -0.05) is 6.08 Å². The Bertz CT molecular complexity index is 1760. The van der Waals surface area contributed by atoms with Gasteiger partial charge in [-0.3, -0.25) is 4.90 Å². The zero-order chi connectivity index (χ0) is 28.4. The quantitative estimate of drug-likeness (QED) is 0.388. The molecule has 0 saturated carbocycles. The van der Waals surface area contributed by atoms with Crippen LogP contribution in [0.1, 0.15) is 43.4 Å². The third kappa shape index (κ3) is 4.19. The first kappa shape index (κ1) is 25.3. The Hall–Kier alpha value is -4.46. The molecule has 9 rings (SSSR count). The maximum absolute atomic E-state index is 9.82. The number of fused-ring (bicyclic) bond motifs is 4. The number of hydrogen-bond acceptors (Lipinski definition) is 9. The monoisotopic (exact) mass is 560 g/mol. The lowest BCUT2D eigenvalue weighted by atomic mass is 9.86. The average molecular weight is 561 g/mol. The molecule has 4 aromatic heterocycles. The van der Waals surface area contributed by atoms with Gasteiger partial charge in [0.05, 0.1) is 17.3 Å². The molecular formula is C32H32N8O2. The van der Waals surface area contributed by atoms with Crippen molar-refractivity contribution in [3.05, 3.63) is 71.8 Å². The van der Waals surface area contributed by atoms with Crippen LogP contribution in [0.5, 0.6) is 11.6 Å². The van der Waals surface area contributed by atoms with Gasteiger partial charge in [-0.15, -0.1) is 0 Å². The number of aromatic nitrogens is 4. The number of nitriles is 1. The second-order valence-corrected chi connectivity index (χ2v) is 12.3. The summed E-state index contributed by atoms with van der Waals surface area (Å²) in [6.45, 7) is 8.23. The first-order valence-electron chi connectivity index (χ1n) is 14.5. The first-order valence-corrected chi connectivity index (χ1v) is 14.5. The van der Waals surface area contributed by atoms with Gasteiger partial charge >= 0.3 is 0 Å². The molecule has 42 heavy (non-hydrogen) atoms. The van der Waals surface area contributed by atoms with Crippen LogP contribution in [-0.4, -0.2) is 68.5 Å². The van der Waals surface area contributed by atoms with Crippen LogP contribution in [0.25, 0.3) is 22.2 Å². The van der Waals surface area contributed by atoms with E-state index in [0.29, 0.717) is 23.5 Å². The van der Waals surface area contributed by atoms with E-state index in [1.54, 1.807) is 12.4 Å². The molecule has 2 unspecified atom stereocenters. The summed E-state index contributed by atoms with van der Waals surface area (Å²) >= 11 is 0. The van der Waals surface area contributed by atoms with Crippen molar-refractivity contribution in [1.82, 2.24) is 29.8 Å². The van der Waals surface area contributed by atoms with E-state index in [2.05, 4.69) is 69.4 Å². The van der Waals surface area contributed by atoms with Crippen molar-refractivity contribution in [2.45, 2.75) is 50.9 Å². The summed E-state index contributed by atoms with van der Waals surface area (Å²) in [5, 5.41) is 17.9. The zero-order valence-corrected chi connectivity index (χ0v) is 23.7. The van der Waals surface area contributed by atoms with Gasteiger partial charge in [-0.05, 0) is 62.1 Å². The van der Waals surface area contributed by atoms with E-state index in [1.165, 1.54) is 12.0 Å². The molecule has 2 bridgehead atoms. The van der Waals surface area contributed by atoms with Crippen LogP contribution in [0.15, 0.2) is 55.1 Å². The molecule has 10 nitrogen and oxygen atoms in total. The number of nitrogens with zero attached hydrogens (tertiary/aromatic N) is 7. The fourth-order valence-corrected chi connectivity index (χ4v) is 6.93. The lowest BCUT2D eigenvalue weighted by Crippen LogP contribution is -2.68. The average Bonchev–Trinajstić information content (AvgIpc) is 3.66. The molecule has 3 fully saturated rings. The standard InChI is InChI=1S/C32H32N8O2/c1-32(2)11-20(6-8-36-32)23-9-27(29-24(12-33)14-37-40(29)16-23)21-3-4-28(35-13-21)38-17-25-10-26(18-38)39(25)15-22-5-7-34-31-30(22)41-19-42-31/h3-7,9,13-14,16,25-26,36H,8,10-11,15,17-19H2,1-2H3. The highest BCUT2D eigenvalue weighted by molar-refractivity contribution is 5.87. The van der Waals surface area contributed by atoms with Gasteiger partial charge in [0.15, 0.2) is 5.75 Å². The molecule has 212 valence electrons. The second kappa shape index (κ2) is 9.54. The van der Waals surface area contributed by atoms with E-state index in [4.69, 9.17) is 14.5 Å². The smallest absolute Gasteiger partial charge is 0.260 e. The van der Waals surface area contributed by atoms with Crippen LogP contribution in [0.3, 0.4) is 0 Å². The maximum atomic E-state index is 9.82. The summed E-state index contributed by atoms with van der Waals surface area (Å²) in [6.07, 6.45) is 11.8. The Balaban J connectivity index is 1.04. The van der Waals surface area contributed by atoms with Crippen LogP contribution in [0, 0.1) is 11.3 Å². The highest BCUT2D eigenvalue weighted by Gasteiger charge is 2.45. The molecular weight excluding hydrogens is 528 g/mol. The normalized spacial score (nSPS) is 22.5. The van der Waals surface area contributed by atoms with Gasteiger partial charge in [0, 0.05) is 79.1 Å². The largest absolute Gasteiger partial charge is 0.451 e. The Morgan fingerprint density at radius 3 is 2.76 bits per heavy atom. The third-order valence-electron chi connectivity index (χ3n) is 9.10. The molecule has 1 N–H and O–H groups in total. The van der Waals surface area contributed by atoms with Crippen molar-refractivity contribution < 1.29 is 9.47 Å². The third-order valence-corrected chi connectivity index (χ3v) is 9.10. The van der Waals surface area contributed by atoms with Gasteiger partial charge in [0.1, 0.15) is 11.9 Å².